The lowest BCUT2D eigenvalue weighted by Crippen LogP contribution is -2.28. The number of nitrogens with two attached hydrogens (primary N) is 1. The van der Waals surface area contributed by atoms with Gasteiger partial charge in [0.1, 0.15) is 0 Å². The van der Waals surface area contributed by atoms with Gasteiger partial charge in [-0.25, -0.2) is 9.97 Å². The number of ether oxygens (including phenoxy) is 1. The molecule has 3 aromatic heterocycles. The maximum absolute atomic E-state index is 13.8. The number of anilines is 2. The minimum absolute atomic E-state index is 0.0714. The van der Waals surface area contributed by atoms with Crippen LogP contribution in [0.1, 0.15) is 48.4 Å². The van der Waals surface area contributed by atoms with Crippen molar-refractivity contribution in [1.29, 1.82) is 0 Å². The van der Waals surface area contributed by atoms with Gasteiger partial charge in [0.15, 0.2) is 17.2 Å². The number of imidazole rings is 1. The minimum Gasteiger partial charge on any atom is -0.378 e. The van der Waals surface area contributed by atoms with Crippen molar-refractivity contribution in [2.45, 2.75) is 39.4 Å². The highest BCUT2D eigenvalue weighted by atomic mass is 19.4. The second kappa shape index (κ2) is 11.8. The Bertz CT molecular complexity index is 1440. The number of carbonyl (C=O) groups excluding carboxylic acids is 1. The van der Waals surface area contributed by atoms with Crippen molar-refractivity contribution in [2.24, 2.45) is 5.73 Å². The summed E-state index contributed by atoms with van der Waals surface area (Å²) in [6.45, 7) is 7.04. The smallest absolute Gasteiger partial charge is 0.378 e. The molecular weight excluding hydrogens is 513 g/mol. The third-order valence-electron chi connectivity index (χ3n) is 6.02. The molecule has 0 aliphatic heterocycles. The number of aromatic nitrogens is 5. The van der Waals surface area contributed by atoms with Gasteiger partial charge in [-0.15, -0.1) is 0 Å². The second-order valence-electron chi connectivity index (χ2n) is 9.08. The molecule has 0 saturated heterocycles. The first-order chi connectivity index (χ1) is 18.6. The van der Waals surface area contributed by atoms with Crippen molar-refractivity contribution in [3.63, 3.8) is 0 Å². The number of hydrogen-bond acceptors (Lipinski definition) is 7. The van der Waals surface area contributed by atoms with Gasteiger partial charge >= 0.3 is 6.18 Å². The van der Waals surface area contributed by atoms with Crippen LogP contribution in [0.2, 0.25) is 0 Å². The third kappa shape index (κ3) is 6.20. The molecule has 0 unspecified atom stereocenters. The first-order valence-corrected chi connectivity index (χ1v) is 12.6. The zero-order chi connectivity index (χ0) is 28.2. The van der Waals surface area contributed by atoms with Gasteiger partial charge in [0.2, 0.25) is 0 Å². The number of hydrogen-bond donors (Lipinski definition) is 3. The standard InChI is InChI=1S/C26H31F3N8O2/c1-4-17-13-18(5-6-19(17)25(38)32-9-12-39-11-7-30)34-23-24-33-14-21(36(24)10-8-31-23)20-15-37(16(2)3)35-22(20)26(27,28)29/h5-6,8,10,13-16H,4,7,9,11-12,30H2,1-3H3,(H,31,34)(H,32,38). The molecule has 0 radical (unpaired) electrons. The molecule has 39 heavy (non-hydrogen) atoms. The number of fused-ring (bicyclic) bond motifs is 1. The number of benzene rings is 1. The molecule has 0 atom stereocenters. The van der Waals surface area contributed by atoms with Gasteiger partial charge in [0.25, 0.3) is 5.91 Å². The molecule has 4 rings (SSSR count). The summed E-state index contributed by atoms with van der Waals surface area (Å²) in [6, 6.07) is 5.04. The lowest BCUT2D eigenvalue weighted by atomic mass is 10.0. The predicted molar refractivity (Wildman–Crippen MR) is 141 cm³/mol. The number of carbonyl (C=O) groups is 1. The van der Waals surface area contributed by atoms with E-state index in [-0.39, 0.29) is 23.2 Å². The third-order valence-corrected chi connectivity index (χ3v) is 6.02. The number of halogens is 3. The van der Waals surface area contributed by atoms with Gasteiger partial charge in [-0.3, -0.25) is 13.9 Å². The summed E-state index contributed by atoms with van der Waals surface area (Å²) in [5.74, 6) is 0.139. The molecular formula is C26H31F3N8O2. The van der Waals surface area contributed by atoms with E-state index in [9.17, 15) is 18.0 Å². The fourth-order valence-corrected chi connectivity index (χ4v) is 4.10. The summed E-state index contributed by atoms with van der Waals surface area (Å²) in [7, 11) is 0. The summed E-state index contributed by atoms with van der Waals surface area (Å²) in [5.41, 5.74) is 6.93. The van der Waals surface area contributed by atoms with E-state index in [0.717, 1.165) is 5.56 Å². The maximum Gasteiger partial charge on any atom is 0.435 e. The normalized spacial score (nSPS) is 11.9. The molecule has 0 aliphatic rings. The monoisotopic (exact) mass is 544 g/mol. The molecule has 0 bridgehead atoms. The van der Waals surface area contributed by atoms with Crippen molar-refractivity contribution in [3.05, 3.63) is 59.8 Å². The Morgan fingerprint density at radius 1 is 1.21 bits per heavy atom. The van der Waals surface area contributed by atoms with Gasteiger partial charge in [-0.2, -0.15) is 18.3 Å². The molecule has 0 aliphatic carbocycles. The number of rotatable bonds is 11. The Hall–Kier alpha value is -3.97. The van der Waals surface area contributed by atoms with E-state index in [0.29, 0.717) is 55.4 Å². The van der Waals surface area contributed by atoms with Gasteiger partial charge in [0, 0.05) is 49.0 Å². The topological polar surface area (TPSA) is 124 Å². The van der Waals surface area contributed by atoms with Crippen LogP contribution in [0.15, 0.2) is 43.0 Å². The second-order valence-corrected chi connectivity index (χ2v) is 9.08. The lowest BCUT2D eigenvalue weighted by Gasteiger charge is -2.13. The Balaban J connectivity index is 1.61. The van der Waals surface area contributed by atoms with Crippen LogP contribution in [-0.2, 0) is 17.3 Å². The zero-order valence-corrected chi connectivity index (χ0v) is 21.9. The first kappa shape index (κ1) is 28.0. The number of nitrogens with zero attached hydrogens (tertiary/aromatic N) is 5. The molecule has 3 heterocycles. The van der Waals surface area contributed by atoms with Crippen LogP contribution in [0.3, 0.4) is 0 Å². The first-order valence-electron chi connectivity index (χ1n) is 12.6. The Kier molecular flexibility index (Phi) is 8.51. The van der Waals surface area contributed by atoms with E-state index >= 15 is 0 Å². The van der Waals surface area contributed by atoms with Crippen LogP contribution < -0.4 is 16.4 Å². The van der Waals surface area contributed by atoms with Crippen molar-refractivity contribution < 1.29 is 22.7 Å². The van der Waals surface area contributed by atoms with Crippen LogP contribution in [0.5, 0.6) is 0 Å². The highest BCUT2D eigenvalue weighted by Crippen LogP contribution is 2.37. The maximum atomic E-state index is 13.8. The van der Waals surface area contributed by atoms with Crippen molar-refractivity contribution >= 4 is 23.1 Å². The summed E-state index contributed by atoms with van der Waals surface area (Å²) in [6.07, 6.45) is 1.77. The van der Waals surface area contributed by atoms with E-state index in [1.54, 1.807) is 36.6 Å². The lowest BCUT2D eigenvalue weighted by molar-refractivity contribution is -0.141. The summed E-state index contributed by atoms with van der Waals surface area (Å²) >= 11 is 0. The van der Waals surface area contributed by atoms with Crippen LogP contribution in [-0.4, -0.2) is 56.4 Å². The van der Waals surface area contributed by atoms with Crippen LogP contribution in [0.25, 0.3) is 16.9 Å². The minimum atomic E-state index is -4.63. The van der Waals surface area contributed by atoms with Gasteiger partial charge in [-0.1, -0.05) is 6.92 Å². The van der Waals surface area contributed by atoms with Gasteiger partial charge in [-0.05, 0) is 44.0 Å². The fraction of sp³-hybridized carbons (Fsp3) is 0.385. The average molecular weight is 545 g/mol. The van der Waals surface area contributed by atoms with Gasteiger partial charge in [0.05, 0.1) is 30.7 Å². The van der Waals surface area contributed by atoms with E-state index in [1.165, 1.54) is 23.3 Å². The SMILES string of the molecule is CCc1cc(Nc2nccn3c(-c4cn(C(C)C)nc4C(F)(F)F)cnc23)ccc1C(=O)NCCOCCN. The molecule has 208 valence electrons. The number of aryl methyl sites for hydroxylation is 1. The summed E-state index contributed by atoms with van der Waals surface area (Å²) < 4.78 is 49.5. The zero-order valence-electron chi connectivity index (χ0n) is 21.9. The van der Waals surface area contributed by atoms with Crippen LogP contribution in [0.4, 0.5) is 24.7 Å². The van der Waals surface area contributed by atoms with E-state index < -0.39 is 11.9 Å². The largest absolute Gasteiger partial charge is 0.435 e. The van der Waals surface area contributed by atoms with Crippen LogP contribution >= 0.6 is 0 Å². The molecule has 13 heteroatoms. The number of alkyl halides is 3. The summed E-state index contributed by atoms with van der Waals surface area (Å²) in [4.78, 5) is 21.4. The molecule has 0 saturated carbocycles. The molecule has 4 N–H and O–H groups in total. The molecule has 1 aromatic carbocycles. The Morgan fingerprint density at radius 2 is 2.00 bits per heavy atom. The van der Waals surface area contributed by atoms with Crippen LogP contribution in [0, 0.1) is 0 Å². The summed E-state index contributed by atoms with van der Waals surface area (Å²) in [5, 5.41) is 9.80. The van der Waals surface area contributed by atoms with Crippen molar-refractivity contribution in [2.75, 3.05) is 31.6 Å². The molecule has 0 spiro atoms. The molecule has 0 fully saturated rings. The van der Waals surface area contributed by atoms with E-state index in [4.69, 9.17) is 10.5 Å². The molecule has 10 nitrogen and oxygen atoms in total. The Morgan fingerprint density at radius 3 is 2.69 bits per heavy atom. The van der Waals surface area contributed by atoms with E-state index in [1.807, 2.05) is 13.0 Å². The highest BCUT2D eigenvalue weighted by Gasteiger charge is 2.38. The fourth-order valence-electron chi connectivity index (χ4n) is 4.10. The van der Waals surface area contributed by atoms with Gasteiger partial charge < -0.3 is 21.1 Å². The van der Waals surface area contributed by atoms with E-state index in [2.05, 4.69) is 25.7 Å². The quantitative estimate of drug-likeness (QED) is 0.242. The predicted octanol–water partition coefficient (Wildman–Crippen LogP) is 4.20. The average Bonchev–Trinajstić information content (AvgIpc) is 3.54. The van der Waals surface area contributed by atoms with Crippen molar-refractivity contribution in [1.82, 2.24) is 29.5 Å². The van der Waals surface area contributed by atoms with Crippen molar-refractivity contribution in [3.8, 4) is 11.3 Å². The molecule has 4 aromatic rings. The Labute approximate surface area is 223 Å². The number of nitrogens with one attached hydrogen (secondary N) is 2. The highest BCUT2D eigenvalue weighted by molar-refractivity contribution is 5.96. The number of amides is 1. The molecule has 1 amide bonds.